The molecule has 2 nitrogen and oxygen atoms in total. The SMILES string of the molecule is O=C(C1CCC1)N1CCC[C@@H](C(F)(F)F)C1. The molecule has 2 fully saturated rings. The zero-order valence-electron chi connectivity index (χ0n) is 9.09. The number of carbonyl (C=O) groups is 1. The molecule has 0 radical (unpaired) electrons. The normalized spacial score (nSPS) is 27.7. The molecule has 1 atom stereocenters. The van der Waals surface area contributed by atoms with E-state index in [0.29, 0.717) is 13.0 Å². The average molecular weight is 235 g/mol. The van der Waals surface area contributed by atoms with Gasteiger partial charge in [0.2, 0.25) is 5.91 Å². The van der Waals surface area contributed by atoms with E-state index in [4.69, 9.17) is 0 Å². The minimum Gasteiger partial charge on any atom is -0.342 e. The molecule has 1 saturated carbocycles. The number of piperidine rings is 1. The van der Waals surface area contributed by atoms with Gasteiger partial charge in [-0.2, -0.15) is 13.2 Å². The maximum atomic E-state index is 12.5. The zero-order valence-corrected chi connectivity index (χ0v) is 9.09. The second-order valence-corrected chi connectivity index (χ2v) is 4.79. The Labute approximate surface area is 92.8 Å². The lowest BCUT2D eigenvalue weighted by Crippen LogP contribution is -2.47. The lowest BCUT2D eigenvalue weighted by Gasteiger charge is -2.37. The van der Waals surface area contributed by atoms with E-state index in [1.165, 1.54) is 4.90 Å². The molecule has 1 aliphatic heterocycles. The molecular formula is C11H16F3NO. The molecular weight excluding hydrogens is 219 g/mol. The fourth-order valence-electron chi connectivity index (χ4n) is 2.36. The maximum Gasteiger partial charge on any atom is 0.393 e. The second kappa shape index (κ2) is 4.26. The largest absolute Gasteiger partial charge is 0.393 e. The Morgan fingerprint density at radius 2 is 1.81 bits per heavy atom. The van der Waals surface area contributed by atoms with E-state index in [1.807, 2.05) is 0 Å². The highest BCUT2D eigenvalue weighted by atomic mass is 19.4. The van der Waals surface area contributed by atoms with Crippen LogP contribution >= 0.6 is 0 Å². The number of rotatable bonds is 1. The number of nitrogens with zero attached hydrogens (tertiary/aromatic N) is 1. The Bertz CT molecular complexity index is 273. The topological polar surface area (TPSA) is 20.3 Å². The summed E-state index contributed by atoms with van der Waals surface area (Å²) in [5, 5.41) is 0. The highest BCUT2D eigenvalue weighted by molar-refractivity contribution is 5.79. The predicted octanol–water partition coefficient (Wildman–Crippen LogP) is 2.59. The fourth-order valence-corrected chi connectivity index (χ4v) is 2.36. The first-order valence-electron chi connectivity index (χ1n) is 5.84. The number of carbonyl (C=O) groups excluding carboxylic acids is 1. The first-order chi connectivity index (χ1) is 7.48. The quantitative estimate of drug-likeness (QED) is 0.684. The van der Waals surface area contributed by atoms with Crippen LogP contribution in [0.4, 0.5) is 13.2 Å². The number of hydrogen-bond donors (Lipinski definition) is 0. The summed E-state index contributed by atoms with van der Waals surface area (Å²) in [6.07, 6.45) is -0.774. The molecule has 2 aliphatic rings. The van der Waals surface area contributed by atoms with Crippen molar-refractivity contribution in [2.24, 2.45) is 11.8 Å². The number of amides is 1. The fraction of sp³-hybridized carbons (Fsp3) is 0.909. The van der Waals surface area contributed by atoms with Gasteiger partial charge in [-0.1, -0.05) is 6.42 Å². The van der Waals surface area contributed by atoms with Crippen LogP contribution in [-0.4, -0.2) is 30.1 Å². The molecule has 16 heavy (non-hydrogen) atoms. The molecule has 1 amide bonds. The third-order valence-corrected chi connectivity index (χ3v) is 3.65. The summed E-state index contributed by atoms with van der Waals surface area (Å²) >= 11 is 0. The minimum absolute atomic E-state index is 0.00647. The Kier molecular flexibility index (Phi) is 3.13. The molecule has 1 heterocycles. The molecule has 92 valence electrons. The highest BCUT2D eigenvalue weighted by Gasteiger charge is 2.43. The van der Waals surface area contributed by atoms with Crippen molar-refractivity contribution in [2.75, 3.05) is 13.1 Å². The van der Waals surface area contributed by atoms with E-state index in [1.54, 1.807) is 0 Å². The van der Waals surface area contributed by atoms with E-state index in [-0.39, 0.29) is 24.8 Å². The van der Waals surface area contributed by atoms with Gasteiger partial charge in [-0.3, -0.25) is 4.79 Å². The molecule has 0 aromatic rings. The number of likely N-dealkylation sites (tertiary alicyclic amines) is 1. The van der Waals surface area contributed by atoms with Crippen LogP contribution < -0.4 is 0 Å². The smallest absolute Gasteiger partial charge is 0.342 e. The summed E-state index contributed by atoms with van der Waals surface area (Å²) in [6, 6.07) is 0. The summed E-state index contributed by atoms with van der Waals surface area (Å²) < 4.78 is 37.6. The Balaban J connectivity index is 1.93. The molecule has 1 saturated heterocycles. The van der Waals surface area contributed by atoms with Crippen LogP contribution in [0.25, 0.3) is 0 Å². The molecule has 0 aromatic heterocycles. The molecule has 5 heteroatoms. The average Bonchev–Trinajstić information content (AvgIpc) is 2.14. The summed E-state index contributed by atoms with van der Waals surface area (Å²) in [4.78, 5) is 13.2. The Morgan fingerprint density at radius 3 is 2.31 bits per heavy atom. The summed E-state index contributed by atoms with van der Waals surface area (Å²) in [5.74, 6) is -1.36. The van der Waals surface area contributed by atoms with Gasteiger partial charge in [0, 0.05) is 19.0 Å². The molecule has 0 bridgehead atoms. The van der Waals surface area contributed by atoms with Crippen molar-refractivity contribution >= 4 is 5.91 Å². The van der Waals surface area contributed by atoms with E-state index in [2.05, 4.69) is 0 Å². The molecule has 0 aromatic carbocycles. The molecule has 0 N–H and O–H groups in total. The minimum atomic E-state index is -4.15. The second-order valence-electron chi connectivity index (χ2n) is 4.79. The summed E-state index contributed by atoms with van der Waals surface area (Å²) in [7, 11) is 0. The van der Waals surface area contributed by atoms with Gasteiger partial charge in [0.25, 0.3) is 0 Å². The van der Waals surface area contributed by atoms with Crippen molar-refractivity contribution in [1.82, 2.24) is 4.90 Å². The van der Waals surface area contributed by atoms with Gasteiger partial charge >= 0.3 is 6.18 Å². The standard InChI is InChI=1S/C11H16F3NO/c12-11(13,14)9-5-2-6-15(7-9)10(16)8-3-1-4-8/h8-9H,1-7H2/t9-/m1/s1. The van der Waals surface area contributed by atoms with Crippen molar-refractivity contribution in [2.45, 2.75) is 38.3 Å². The third kappa shape index (κ3) is 2.33. The van der Waals surface area contributed by atoms with Crippen LogP contribution in [0.3, 0.4) is 0 Å². The molecule has 1 aliphatic carbocycles. The molecule has 2 rings (SSSR count). The van der Waals surface area contributed by atoms with Crippen LogP contribution in [0.5, 0.6) is 0 Å². The predicted molar refractivity (Wildman–Crippen MR) is 52.7 cm³/mol. The Morgan fingerprint density at radius 1 is 1.12 bits per heavy atom. The van der Waals surface area contributed by atoms with Crippen molar-refractivity contribution in [3.63, 3.8) is 0 Å². The van der Waals surface area contributed by atoms with E-state index < -0.39 is 12.1 Å². The zero-order chi connectivity index (χ0) is 11.8. The van der Waals surface area contributed by atoms with Gasteiger partial charge in [0.15, 0.2) is 0 Å². The lowest BCUT2D eigenvalue weighted by atomic mass is 9.83. The summed E-state index contributed by atoms with van der Waals surface area (Å²) in [5.41, 5.74) is 0. The van der Waals surface area contributed by atoms with E-state index >= 15 is 0 Å². The maximum absolute atomic E-state index is 12.5. The highest BCUT2D eigenvalue weighted by Crippen LogP contribution is 2.35. The van der Waals surface area contributed by atoms with Gasteiger partial charge in [-0.05, 0) is 25.7 Å². The van der Waals surface area contributed by atoms with Crippen LogP contribution in [0.15, 0.2) is 0 Å². The van der Waals surface area contributed by atoms with Gasteiger partial charge in [0.05, 0.1) is 5.92 Å². The van der Waals surface area contributed by atoms with E-state index in [9.17, 15) is 18.0 Å². The first-order valence-corrected chi connectivity index (χ1v) is 5.84. The van der Waals surface area contributed by atoms with Crippen molar-refractivity contribution < 1.29 is 18.0 Å². The van der Waals surface area contributed by atoms with Gasteiger partial charge in [-0.25, -0.2) is 0 Å². The number of halogens is 3. The van der Waals surface area contributed by atoms with Crippen molar-refractivity contribution in [1.29, 1.82) is 0 Å². The van der Waals surface area contributed by atoms with Crippen LogP contribution in [-0.2, 0) is 4.79 Å². The monoisotopic (exact) mass is 235 g/mol. The van der Waals surface area contributed by atoms with Gasteiger partial charge in [0.1, 0.15) is 0 Å². The first kappa shape index (κ1) is 11.7. The third-order valence-electron chi connectivity index (χ3n) is 3.65. The van der Waals surface area contributed by atoms with Crippen molar-refractivity contribution in [3.05, 3.63) is 0 Å². The number of alkyl halides is 3. The Hall–Kier alpha value is -0.740. The molecule has 0 spiro atoms. The lowest BCUT2D eigenvalue weighted by molar-refractivity contribution is -0.189. The van der Waals surface area contributed by atoms with Crippen LogP contribution in [0.2, 0.25) is 0 Å². The summed E-state index contributed by atoms with van der Waals surface area (Å²) in [6.45, 7) is 0.376. The van der Waals surface area contributed by atoms with Crippen LogP contribution in [0.1, 0.15) is 32.1 Å². The number of hydrogen-bond acceptors (Lipinski definition) is 1. The van der Waals surface area contributed by atoms with Gasteiger partial charge in [-0.15, -0.1) is 0 Å². The van der Waals surface area contributed by atoms with Crippen LogP contribution in [0, 0.1) is 11.8 Å². The van der Waals surface area contributed by atoms with Crippen molar-refractivity contribution in [3.8, 4) is 0 Å². The van der Waals surface area contributed by atoms with Gasteiger partial charge < -0.3 is 4.90 Å². The molecule has 0 unspecified atom stereocenters. The van der Waals surface area contributed by atoms with E-state index in [0.717, 1.165) is 19.3 Å².